The minimum atomic E-state index is -0.0698. The smallest absolute Gasteiger partial charge is 0.105 e. The van der Waals surface area contributed by atoms with Gasteiger partial charge in [-0.05, 0) is 16.7 Å². The monoisotopic (exact) mass is 441 g/mol. The Morgan fingerprint density at radius 2 is 1.15 bits per heavy atom. The zero-order valence-corrected chi connectivity index (χ0v) is 18.8. The molecule has 1 saturated heterocycles. The summed E-state index contributed by atoms with van der Waals surface area (Å²) in [7, 11) is 0. The van der Waals surface area contributed by atoms with E-state index in [1.165, 1.54) is 16.7 Å². The molecule has 0 unspecified atom stereocenters. The molecule has 0 spiro atoms. The van der Waals surface area contributed by atoms with Crippen molar-refractivity contribution in [3.05, 3.63) is 120 Å². The first-order valence-electron chi connectivity index (χ1n) is 11.7. The first-order chi connectivity index (χ1) is 16.4. The molecule has 2 heterocycles. The Hall–Kier alpha value is -2.76. The summed E-state index contributed by atoms with van der Waals surface area (Å²) in [5, 5.41) is 0. The summed E-state index contributed by atoms with van der Waals surface area (Å²) in [6.07, 6.45) is 4.39. The standard InChI is InChI=1S/C29H31NO3/c1-4-11-23(12-5-1)19-31-22-27-29(33-21-25-15-8-3-9-16-25)28(26-17-10-18-30(26)27)32-20-24-13-6-2-7-14-24/h1-17,26-29H,18-22H2/t26-,27-,28-,29-/m1/s1. The Kier molecular flexibility index (Phi) is 7.29. The van der Waals surface area contributed by atoms with Crippen LogP contribution in [0.1, 0.15) is 16.7 Å². The molecule has 0 N–H and O–H groups in total. The molecule has 1 fully saturated rings. The van der Waals surface area contributed by atoms with Crippen molar-refractivity contribution in [2.24, 2.45) is 0 Å². The van der Waals surface area contributed by atoms with E-state index in [-0.39, 0.29) is 24.3 Å². The van der Waals surface area contributed by atoms with E-state index in [0.29, 0.717) is 26.4 Å². The summed E-state index contributed by atoms with van der Waals surface area (Å²) in [6.45, 7) is 3.25. The highest BCUT2D eigenvalue weighted by atomic mass is 16.5. The van der Waals surface area contributed by atoms with E-state index < -0.39 is 0 Å². The summed E-state index contributed by atoms with van der Waals surface area (Å²) in [5.41, 5.74) is 3.53. The van der Waals surface area contributed by atoms with Crippen molar-refractivity contribution in [3.63, 3.8) is 0 Å². The minimum absolute atomic E-state index is 0.0435. The third-order valence-electron chi connectivity index (χ3n) is 6.47. The highest BCUT2D eigenvalue weighted by Gasteiger charge is 2.50. The summed E-state index contributed by atoms with van der Waals surface area (Å²) >= 11 is 0. The number of hydrogen-bond acceptors (Lipinski definition) is 4. The van der Waals surface area contributed by atoms with Gasteiger partial charge in [0.25, 0.3) is 0 Å². The highest BCUT2D eigenvalue weighted by molar-refractivity contribution is 5.20. The van der Waals surface area contributed by atoms with Crippen LogP contribution in [0.4, 0.5) is 0 Å². The van der Waals surface area contributed by atoms with Gasteiger partial charge in [-0.1, -0.05) is 103 Å². The lowest BCUT2D eigenvalue weighted by Gasteiger charge is -2.27. The first-order valence-corrected chi connectivity index (χ1v) is 11.7. The molecule has 2 aliphatic heterocycles. The molecule has 33 heavy (non-hydrogen) atoms. The van der Waals surface area contributed by atoms with Crippen molar-refractivity contribution >= 4 is 0 Å². The molecule has 2 aliphatic rings. The van der Waals surface area contributed by atoms with Gasteiger partial charge in [-0.2, -0.15) is 0 Å². The van der Waals surface area contributed by atoms with E-state index >= 15 is 0 Å². The predicted molar refractivity (Wildman–Crippen MR) is 130 cm³/mol. The van der Waals surface area contributed by atoms with Crippen LogP contribution in [-0.2, 0) is 34.0 Å². The van der Waals surface area contributed by atoms with Crippen molar-refractivity contribution in [2.75, 3.05) is 13.2 Å². The molecule has 170 valence electrons. The number of ether oxygens (including phenoxy) is 3. The topological polar surface area (TPSA) is 30.9 Å². The Balaban J connectivity index is 1.30. The maximum absolute atomic E-state index is 6.56. The van der Waals surface area contributed by atoms with E-state index in [4.69, 9.17) is 14.2 Å². The van der Waals surface area contributed by atoms with Gasteiger partial charge in [0.2, 0.25) is 0 Å². The summed E-state index contributed by atoms with van der Waals surface area (Å²) < 4.78 is 19.3. The molecule has 0 saturated carbocycles. The largest absolute Gasteiger partial charge is 0.375 e. The van der Waals surface area contributed by atoms with Gasteiger partial charge in [0.15, 0.2) is 0 Å². The van der Waals surface area contributed by atoms with Crippen LogP contribution in [0.3, 0.4) is 0 Å². The molecule has 0 radical (unpaired) electrons. The Morgan fingerprint density at radius 3 is 1.73 bits per heavy atom. The zero-order chi connectivity index (χ0) is 22.3. The lowest BCUT2D eigenvalue weighted by atomic mass is 10.1. The summed E-state index contributed by atoms with van der Waals surface area (Å²) in [4.78, 5) is 2.47. The van der Waals surface area contributed by atoms with E-state index in [9.17, 15) is 0 Å². The lowest BCUT2D eigenvalue weighted by molar-refractivity contribution is -0.0845. The number of benzene rings is 3. The van der Waals surface area contributed by atoms with Gasteiger partial charge in [-0.15, -0.1) is 0 Å². The average molecular weight is 442 g/mol. The Labute approximate surface area is 196 Å². The minimum Gasteiger partial charge on any atom is -0.375 e. The predicted octanol–water partition coefficient (Wildman–Crippen LogP) is 5.00. The van der Waals surface area contributed by atoms with Crippen LogP contribution in [0, 0.1) is 0 Å². The van der Waals surface area contributed by atoms with Gasteiger partial charge < -0.3 is 14.2 Å². The van der Waals surface area contributed by atoms with Gasteiger partial charge in [-0.25, -0.2) is 0 Å². The fourth-order valence-electron chi connectivity index (χ4n) is 4.81. The SMILES string of the molecule is C1=C[C@@H]2[C@@H](OCc3ccccc3)[C@H](OCc3ccccc3)[C@@H](COCc3ccccc3)N2C1. The van der Waals surface area contributed by atoms with E-state index in [1.54, 1.807) is 0 Å². The third kappa shape index (κ3) is 5.43. The number of rotatable bonds is 10. The summed E-state index contributed by atoms with van der Waals surface area (Å²) in [6, 6.07) is 31.4. The van der Waals surface area contributed by atoms with Gasteiger partial charge in [0, 0.05) is 6.54 Å². The van der Waals surface area contributed by atoms with E-state index in [1.807, 2.05) is 30.3 Å². The molecule has 4 nitrogen and oxygen atoms in total. The van der Waals surface area contributed by atoms with Crippen molar-refractivity contribution in [2.45, 2.75) is 44.1 Å². The molecule has 0 bridgehead atoms. The lowest BCUT2D eigenvalue weighted by Crippen LogP contribution is -2.41. The molecule has 4 heteroatoms. The van der Waals surface area contributed by atoms with Gasteiger partial charge in [0.05, 0.1) is 38.5 Å². The first kappa shape index (κ1) is 22.1. The van der Waals surface area contributed by atoms with Crippen molar-refractivity contribution < 1.29 is 14.2 Å². The van der Waals surface area contributed by atoms with E-state index in [0.717, 1.165) is 6.54 Å². The second-order valence-corrected chi connectivity index (χ2v) is 8.71. The van der Waals surface area contributed by atoms with Crippen LogP contribution in [0.5, 0.6) is 0 Å². The maximum atomic E-state index is 6.56. The molecule has 0 aliphatic carbocycles. The van der Waals surface area contributed by atoms with Crippen molar-refractivity contribution in [1.82, 2.24) is 4.90 Å². The van der Waals surface area contributed by atoms with E-state index in [2.05, 4.69) is 77.7 Å². The molecule has 3 aromatic carbocycles. The Bertz CT molecular complexity index is 1010. The number of nitrogens with zero attached hydrogens (tertiary/aromatic N) is 1. The zero-order valence-electron chi connectivity index (χ0n) is 18.8. The molecule has 0 amide bonds. The van der Waals surface area contributed by atoms with Crippen LogP contribution < -0.4 is 0 Å². The van der Waals surface area contributed by atoms with Crippen LogP contribution in [0.25, 0.3) is 0 Å². The molecule has 4 atom stereocenters. The van der Waals surface area contributed by atoms with Crippen LogP contribution in [-0.4, -0.2) is 42.3 Å². The van der Waals surface area contributed by atoms with Gasteiger partial charge >= 0.3 is 0 Å². The fourth-order valence-corrected chi connectivity index (χ4v) is 4.81. The molecule has 5 rings (SSSR count). The molecular formula is C29H31NO3. The number of hydrogen-bond donors (Lipinski definition) is 0. The van der Waals surface area contributed by atoms with Crippen LogP contribution in [0.15, 0.2) is 103 Å². The normalized spacial score (nSPS) is 24.2. The second kappa shape index (κ2) is 10.9. The second-order valence-electron chi connectivity index (χ2n) is 8.71. The van der Waals surface area contributed by atoms with Crippen molar-refractivity contribution in [3.8, 4) is 0 Å². The third-order valence-corrected chi connectivity index (χ3v) is 6.47. The van der Waals surface area contributed by atoms with Gasteiger partial charge in [0.1, 0.15) is 12.2 Å². The summed E-state index contributed by atoms with van der Waals surface area (Å²) in [5.74, 6) is 0. The maximum Gasteiger partial charge on any atom is 0.105 e. The molecular weight excluding hydrogens is 410 g/mol. The van der Waals surface area contributed by atoms with Crippen LogP contribution in [0.2, 0.25) is 0 Å². The fraction of sp³-hybridized carbons (Fsp3) is 0.310. The highest BCUT2D eigenvalue weighted by Crippen LogP contribution is 2.35. The van der Waals surface area contributed by atoms with Crippen molar-refractivity contribution in [1.29, 1.82) is 0 Å². The van der Waals surface area contributed by atoms with Gasteiger partial charge in [-0.3, -0.25) is 4.90 Å². The number of fused-ring (bicyclic) bond motifs is 1. The average Bonchev–Trinajstić information content (AvgIpc) is 3.45. The Morgan fingerprint density at radius 1 is 0.636 bits per heavy atom. The van der Waals surface area contributed by atoms with Crippen LogP contribution >= 0.6 is 0 Å². The quantitative estimate of drug-likeness (QED) is 0.415. The molecule has 0 aromatic heterocycles. The molecule has 3 aromatic rings.